The average Bonchev–Trinajstić information content (AvgIpc) is 3.25. The van der Waals surface area contributed by atoms with Crippen LogP contribution in [0.25, 0.3) is 0 Å². The van der Waals surface area contributed by atoms with E-state index in [1.54, 1.807) is 6.33 Å². The van der Waals surface area contributed by atoms with Crippen LogP contribution >= 0.6 is 24.0 Å². The van der Waals surface area contributed by atoms with Gasteiger partial charge in [0.1, 0.15) is 18.0 Å². The number of ether oxygens (including phenoxy) is 1. The molecule has 0 radical (unpaired) electrons. The third-order valence-corrected chi connectivity index (χ3v) is 5.34. The number of morpholine rings is 1. The van der Waals surface area contributed by atoms with Gasteiger partial charge in [-0.05, 0) is 24.1 Å². The van der Waals surface area contributed by atoms with Crippen LogP contribution in [0.2, 0.25) is 0 Å². The molecule has 1 aliphatic rings. The number of aryl methyl sites for hydroxylation is 1. The van der Waals surface area contributed by atoms with Gasteiger partial charge in [0.25, 0.3) is 0 Å². The second-order valence-corrected chi connectivity index (χ2v) is 7.72. The van der Waals surface area contributed by atoms with Gasteiger partial charge in [0.05, 0.1) is 13.2 Å². The molecule has 1 fully saturated rings. The molecule has 8 nitrogen and oxygen atoms in total. The minimum absolute atomic E-state index is 0. The lowest BCUT2D eigenvalue weighted by Crippen LogP contribution is -2.40. The first kappa shape index (κ1) is 26.5. The Morgan fingerprint density at radius 2 is 1.97 bits per heavy atom. The molecule has 2 heterocycles. The Labute approximate surface area is 207 Å². The Hall–Kier alpha value is -1.79. The minimum Gasteiger partial charge on any atom is -0.379 e. The van der Waals surface area contributed by atoms with E-state index in [1.165, 1.54) is 12.1 Å². The maximum absolute atomic E-state index is 13.2. The van der Waals surface area contributed by atoms with Gasteiger partial charge in [-0.2, -0.15) is 0 Å². The largest absolute Gasteiger partial charge is 0.379 e. The van der Waals surface area contributed by atoms with E-state index in [0.29, 0.717) is 6.54 Å². The molecule has 0 amide bonds. The Bertz CT molecular complexity index is 809. The van der Waals surface area contributed by atoms with E-state index < -0.39 is 0 Å². The summed E-state index contributed by atoms with van der Waals surface area (Å²) in [5.41, 5.74) is 1.04. The number of hydrogen-bond acceptors (Lipinski definition) is 5. The molecule has 32 heavy (non-hydrogen) atoms. The van der Waals surface area contributed by atoms with Gasteiger partial charge in [0, 0.05) is 59.3 Å². The molecule has 2 aromatic rings. The lowest BCUT2D eigenvalue weighted by Gasteiger charge is -2.26. The van der Waals surface area contributed by atoms with Gasteiger partial charge in [0.2, 0.25) is 0 Å². The summed E-state index contributed by atoms with van der Waals surface area (Å²) in [6, 6.07) is 6.61. The summed E-state index contributed by atoms with van der Waals surface area (Å²) in [5, 5.41) is 11.6. The van der Waals surface area contributed by atoms with Crippen LogP contribution in [0.15, 0.2) is 35.6 Å². The van der Waals surface area contributed by atoms with Gasteiger partial charge in [-0.1, -0.05) is 19.1 Å². The highest BCUT2D eigenvalue weighted by atomic mass is 127. The van der Waals surface area contributed by atoms with E-state index in [-0.39, 0.29) is 29.8 Å². The number of benzene rings is 1. The van der Waals surface area contributed by atoms with E-state index in [9.17, 15) is 4.39 Å². The van der Waals surface area contributed by atoms with Crippen molar-refractivity contribution in [1.82, 2.24) is 29.9 Å². The van der Waals surface area contributed by atoms with Crippen molar-refractivity contribution in [3.8, 4) is 0 Å². The number of guanidine groups is 1. The van der Waals surface area contributed by atoms with Crippen molar-refractivity contribution in [3.05, 3.63) is 47.8 Å². The zero-order chi connectivity index (χ0) is 21.9. The van der Waals surface area contributed by atoms with Gasteiger partial charge in [-0.3, -0.25) is 9.89 Å². The van der Waals surface area contributed by atoms with Gasteiger partial charge >= 0.3 is 0 Å². The number of hydrogen-bond donors (Lipinski definition) is 1. The minimum atomic E-state index is -0.220. The molecule has 0 atom stereocenters. The summed E-state index contributed by atoms with van der Waals surface area (Å²) in [5.74, 6) is 1.60. The fraction of sp³-hybridized carbons (Fsp3) is 0.591. The molecule has 1 saturated heterocycles. The fourth-order valence-electron chi connectivity index (χ4n) is 3.58. The van der Waals surface area contributed by atoms with Crippen molar-refractivity contribution in [2.24, 2.45) is 4.99 Å². The second kappa shape index (κ2) is 14.4. The molecular weight excluding hydrogens is 524 g/mol. The van der Waals surface area contributed by atoms with E-state index in [4.69, 9.17) is 9.73 Å². The van der Waals surface area contributed by atoms with Crippen molar-refractivity contribution in [2.45, 2.75) is 32.9 Å². The van der Waals surface area contributed by atoms with Gasteiger partial charge < -0.3 is 19.5 Å². The van der Waals surface area contributed by atoms with Crippen molar-refractivity contribution in [3.63, 3.8) is 0 Å². The Morgan fingerprint density at radius 1 is 1.22 bits per heavy atom. The monoisotopic (exact) mass is 559 g/mol. The highest BCUT2D eigenvalue weighted by Crippen LogP contribution is 2.06. The first-order valence-corrected chi connectivity index (χ1v) is 11.1. The highest BCUT2D eigenvalue weighted by molar-refractivity contribution is 14.0. The first-order chi connectivity index (χ1) is 15.2. The molecule has 178 valence electrons. The molecule has 1 aromatic carbocycles. The molecule has 0 aliphatic carbocycles. The lowest BCUT2D eigenvalue weighted by molar-refractivity contribution is 0.0377. The van der Waals surface area contributed by atoms with E-state index in [0.717, 1.165) is 82.7 Å². The quantitative estimate of drug-likeness (QED) is 0.209. The zero-order valence-corrected chi connectivity index (χ0v) is 21.4. The number of aliphatic imine (C=N–C) groups is 1. The number of nitrogens with zero attached hydrogens (tertiary/aromatic N) is 6. The molecular formula is C22H35FIN7O. The van der Waals surface area contributed by atoms with E-state index in [1.807, 2.05) is 19.2 Å². The van der Waals surface area contributed by atoms with Crippen molar-refractivity contribution in [2.75, 3.05) is 53.0 Å². The van der Waals surface area contributed by atoms with Crippen molar-refractivity contribution in [1.29, 1.82) is 0 Å². The van der Waals surface area contributed by atoms with Crippen LogP contribution in [0.1, 0.15) is 24.7 Å². The zero-order valence-electron chi connectivity index (χ0n) is 19.0. The summed E-state index contributed by atoms with van der Waals surface area (Å²) < 4.78 is 20.7. The molecule has 0 unspecified atom stereocenters. The predicted molar refractivity (Wildman–Crippen MR) is 135 cm³/mol. The topological polar surface area (TPSA) is 70.8 Å². The smallest absolute Gasteiger partial charge is 0.194 e. The predicted octanol–water partition coefficient (Wildman–Crippen LogP) is 2.40. The number of nitrogens with one attached hydrogen (secondary N) is 1. The maximum atomic E-state index is 13.2. The standard InChI is InChI=1S/C22H34FN7O.HI/c1-3-21-27-26-18-30(21)12-10-25-22(24-9-4-11-29-13-15-31-16-14-29)28(2)17-19-5-7-20(23)8-6-19;/h5-8,18H,3-4,9-17H2,1-2H3,(H,24,25);1H. The average molecular weight is 559 g/mol. The third kappa shape index (κ3) is 8.62. The molecule has 3 rings (SSSR count). The molecule has 1 N–H and O–H groups in total. The van der Waals surface area contributed by atoms with Crippen LogP contribution in [0, 0.1) is 5.82 Å². The molecule has 0 spiro atoms. The molecule has 0 saturated carbocycles. The van der Waals surface area contributed by atoms with Crippen LogP contribution in [-0.4, -0.2) is 83.5 Å². The van der Waals surface area contributed by atoms with Gasteiger partial charge in [0.15, 0.2) is 5.96 Å². The number of halogens is 2. The summed E-state index contributed by atoms with van der Waals surface area (Å²) >= 11 is 0. The number of aromatic nitrogens is 3. The molecule has 10 heteroatoms. The van der Waals surface area contributed by atoms with Crippen LogP contribution in [0.5, 0.6) is 0 Å². The summed E-state index contributed by atoms with van der Waals surface area (Å²) in [6.45, 7) is 9.64. The van der Waals surface area contributed by atoms with Crippen LogP contribution < -0.4 is 5.32 Å². The Morgan fingerprint density at radius 3 is 2.69 bits per heavy atom. The van der Waals surface area contributed by atoms with Crippen molar-refractivity contribution < 1.29 is 9.13 Å². The fourth-order valence-corrected chi connectivity index (χ4v) is 3.58. The normalized spacial score (nSPS) is 14.8. The van der Waals surface area contributed by atoms with Crippen LogP contribution in [-0.2, 0) is 24.2 Å². The maximum Gasteiger partial charge on any atom is 0.194 e. The highest BCUT2D eigenvalue weighted by Gasteiger charge is 2.11. The molecule has 0 bridgehead atoms. The van der Waals surface area contributed by atoms with Gasteiger partial charge in [-0.15, -0.1) is 34.2 Å². The van der Waals surface area contributed by atoms with Crippen LogP contribution in [0.3, 0.4) is 0 Å². The molecule has 1 aliphatic heterocycles. The Kier molecular flexibility index (Phi) is 11.9. The van der Waals surface area contributed by atoms with E-state index >= 15 is 0 Å². The Balaban J connectivity index is 0.00000363. The first-order valence-electron chi connectivity index (χ1n) is 11.1. The van der Waals surface area contributed by atoms with Crippen LogP contribution in [0.4, 0.5) is 4.39 Å². The summed E-state index contributed by atoms with van der Waals surface area (Å²) in [4.78, 5) is 9.34. The third-order valence-electron chi connectivity index (χ3n) is 5.34. The SMILES string of the molecule is CCc1nncn1CCNC(=NCCCN1CCOCC1)N(C)Cc1ccc(F)cc1.I. The second-order valence-electron chi connectivity index (χ2n) is 7.72. The van der Waals surface area contributed by atoms with E-state index in [2.05, 4.69) is 36.8 Å². The summed E-state index contributed by atoms with van der Waals surface area (Å²) in [6.07, 6.45) is 3.62. The lowest BCUT2D eigenvalue weighted by atomic mass is 10.2. The summed E-state index contributed by atoms with van der Waals surface area (Å²) in [7, 11) is 2.01. The molecule has 1 aromatic heterocycles. The van der Waals surface area contributed by atoms with Gasteiger partial charge in [-0.25, -0.2) is 4.39 Å². The van der Waals surface area contributed by atoms with Crippen molar-refractivity contribution >= 4 is 29.9 Å². The number of rotatable bonds is 10.